The lowest BCUT2D eigenvalue weighted by molar-refractivity contribution is -0.139. The van der Waals surface area contributed by atoms with Gasteiger partial charge in [-0.15, -0.1) is 0 Å². The number of aldehydes is 1. The van der Waals surface area contributed by atoms with Gasteiger partial charge in [-0.25, -0.2) is 0 Å². The molecule has 0 heterocycles. The highest BCUT2D eigenvalue weighted by Crippen LogP contribution is 2.03. The Bertz CT molecular complexity index is 324. The average Bonchev–Trinajstić information content (AvgIpc) is 2.25. The molecule has 0 aliphatic heterocycles. The molecule has 1 aromatic carbocycles. The standard InChI is InChI=1S/C11H13NO3/c13-7-6-12-10(11(14)15)8-9-4-2-1-3-5-9/h1-5,7,10,12H,6,8H2,(H,14,15)/t10-/m0/s1. The van der Waals surface area contributed by atoms with Crippen LogP contribution in [-0.4, -0.2) is 29.9 Å². The molecule has 0 bridgehead atoms. The first kappa shape index (κ1) is 11.4. The summed E-state index contributed by atoms with van der Waals surface area (Å²) < 4.78 is 0. The summed E-state index contributed by atoms with van der Waals surface area (Å²) in [6.45, 7) is 0.0593. The average molecular weight is 207 g/mol. The molecule has 0 saturated carbocycles. The summed E-state index contributed by atoms with van der Waals surface area (Å²) in [5, 5.41) is 11.5. The molecular weight excluding hydrogens is 194 g/mol. The number of carboxylic acids is 1. The fourth-order valence-electron chi connectivity index (χ4n) is 1.29. The van der Waals surface area contributed by atoms with Crippen LogP contribution in [0.2, 0.25) is 0 Å². The van der Waals surface area contributed by atoms with E-state index in [4.69, 9.17) is 5.11 Å². The number of benzene rings is 1. The predicted octanol–water partition coefficient (Wildman–Crippen LogP) is 0.471. The van der Waals surface area contributed by atoms with Gasteiger partial charge in [0.05, 0.1) is 6.54 Å². The van der Waals surface area contributed by atoms with E-state index in [0.717, 1.165) is 5.56 Å². The number of carbonyl (C=O) groups excluding carboxylic acids is 1. The summed E-state index contributed by atoms with van der Waals surface area (Å²) in [7, 11) is 0. The maximum absolute atomic E-state index is 10.8. The maximum atomic E-state index is 10.8. The highest BCUT2D eigenvalue weighted by atomic mass is 16.4. The summed E-state index contributed by atoms with van der Waals surface area (Å²) in [5.41, 5.74) is 0.934. The van der Waals surface area contributed by atoms with Crippen LogP contribution in [0.4, 0.5) is 0 Å². The van der Waals surface area contributed by atoms with Gasteiger partial charge in [-0.3, -0.25) is 10.1 Å². The van der Waals surface area contributed by atoms with Crippen molar-refractivity contribution < 1.29 is 14.7 Å². The van der Waals surface area contributed by atoms with Crippen LogP contribution < -0.4 is 5.32 Å². The van der Waals surface area contributed by atoms with Crippen LogP contribution in [0.3, 0.4) is 0 Å². The Labute approximate surface area is 87.9 Å². The summed E-state index contributed by atoms with van der Waals surface area (Å²) in [6, 6.07) is 8.59. The summed E-state index contributed by atoms with van der Waals surface area (Å²) in [6.07, 6.45) is 1.03. The number of hydrogen-bond donors (Lipinski definition) is 2. The topological polar surface area (TPSA) is 66.4 Å². The van der Waals surface area contributed by atoms with E-state index in [1.165, 1.54) is 0 Å². The molecule has 0 amide bonds. The molecule has 0 aromatic heterocycles. The molecule has 0 fully saturated rings. The lowest BCUT2D eigenvalue weighted by Crippen LogP contribution is -2.39. The molecule has 0 aliphatic carbocycles. The van der Waals surface area contributed by atoms with Crippen molar-refractivity contribution in [2.24, 2.45) is 0 Å². The Hall–Kier alpha value is -1.68. The molecule has 4 nitrogen and oxygen atoms in total. The zero-order chi connectivity index (χ0) is 11.1. The number of nitrogens with one attached hydrogen (secondary N) is 1. The SMILES string of the molecule is O=CCN[C@@H](Cc1ccccc1)C(=O)O. The van der Waals surface area contributed by atoms with Gasteiger partial charge in [0.2, 0.25) is 0 Å². The quantitative estimate of drug-likeness (QED) is 0.665. The second kappa shape index (κ2) is 5.93. The number of rotatable bonds is 6. The fourth-order valence-corrected chi connectivity index (χ4v) is 1.29. The molecule has 0 saturated heterocycles. The van der Waals surface area contributed by atoms with Crippen molar-refractivity contribution >= 4 is 12.3 Å². The number of carboxylic acid groups (broad SMARTS) is 1. The first-order chi connectivity index (χ1) is 7.24. The maximum Gasteiger partial charge on any atom is 0.321 e. The first-order valence-corrected chi connectivity index (χ1v) is 4.68. The third-order valence-electron chi connectivity index (χ3n) is 2.03. The fraction of sp³-hybridized carbons (Fsp3) is 0.273. The van der Waals surface area contributed by atoms with Crippen molar-refractivity contribution in [2.45, 2.75) is 12.5 Å². The predicted molar refractivity (Wildman–Crippen MR) is 55.6 cm³/mol. The van der Waals surface area contributed by atoms with Gasteiger partial charge in [0, 0.05) is 0 Å². The van der Waals surface area contributed by atoms with Gasteiger partial charge in [-0.2, -0.15) is 0 Å². The van der Waals surface area contributed by atoms with E-state index in [9.17, 15) is 9.59 Å². The van der Waals surface area contributed by atoms with Crippen LogP contribution in [0.1, 0.15) is 5.56 Å². The van der Waals surface area contributed by atoms with Gasteiger partial charge in [0.1, 0.15) is 12.3 Å². The van der Waals surface area contributed by atoms with Crippen molar-refractivity contribution in [3.05, 3.63) is 35.9 Å². The number of carbonyl (C=O) groups is 2. The molecule has 2 N–H and O–H groups in total. The molecule has 1 rings (SSSR count). The molecule has 0 radical (unpaired) electrons. The van der Waals surface area contributed by atoms with Crippen LogP contribution in [0.25, 0.3) is 0 Å². The Morgan fingerprint density at radius 2 is 2.07 bits per heavy atom. The summed E-state index contributed by atoms with van der Waals surface area (Å²) in [5.74, 6) is -0.944. The van der Waals surface area contributed by atoms with Gasteiger partial charge in [-0.1, -0.05) is 30.3 Å². The van der Waals surface area contributed by atoms with E-state index in [1.807, 2.05) is 30.3 Å². The molecule has 4 heteroatoms. The molecule has 15 heavy (non-hydrogen) atoms. The molecule has 0 spiro atoms. The molecule has 1 atom stereocenters. The second-order valence-corrected chi connectivity index (χ2v) is 3.16. The largest absolute Gasteiger partial charge is 0.480 e. The van der Waals surface area contributed by atoms with E-state index in [2.05, 4.69) is 5.32 Å². The highest BCUT2D eigenvalue weighted by molar-refractivity contribution is 5.74. The summed E-state index contributed by atoms with van der Waals surface area (Å²) in [4.78, 5) is 21.0. The minimum absolute atomic E-state index is 0.0593. The Morgan fingerprint density at radius 3 is 2.60 bits per heavy atom. The first-order valence-electron chi connectivity index (χ1n) is 4.68. The van der Waals surface area contributed by atoms with E-state index in [0.29, 0.717) is 12.7 Å². The van der Waals surface area contributed by atoms with E-state index in [1.54, 1.807) is 0 Å². The summed E-state index contributed by atoms with van der Waals surface area (Å²) >= 11 is 0. The zero-order valence-electron chi connectivity index (χ0n) is 8.22. The Kier molecular flexibility index (Phi) is 4.50. The van der Waals surface area contributed by atoms with E-state index < -0.39 is 12.0 Å². The molecular formula is C11H13NO3. The van der Waals surface area contributed by atoms with Crippen molar-refractivity contribution in [2.75, 3.05) is 6.54 Å². The van der Waals surface area contributed by atoms with E-state index in [-0.39, 0.29) is 6.54 Å². The third-order valence-corrected chi connectivity index (χ3v) is 2.03. The van der Waals surface area contributed by atoms with Crippen LogP contribution in [-0.2, 0) is 16.0 Å². The molecule has 0 aliphatic rings. The van der Waals surface area contributed by atoms with Crippen LogP contribution in [0, 0.1) is 0 Å². The van der Waals surface area contributed by atoms with E-state index >= 15 is 0 Å². The lowest BCUT2D eigenvalue weighted by Gasteiger charge is -2.12. The number of hydrogen-bond acceptors (Lipinski definition) is 3. The van der Waals surface area contributed by atoms with Crippen molar-refractivity contribution in [3.63, 3.8) is 0 Å². The van der Waals surface area contributed by atoms with Crippen molar-refractivity contribution in [3.8, 4) is 0 Å². The smallest absolute Gasteiger partial charge is 0.321 e. The molecule has 80 valence electrons. The van der Waals surface area contributed by atoms with Gasteiger partial charge in [0.25, 0.3) is 0 Å². The van der Waals surface area contributed by atoms with Gasteiger partial charge in [-0.05, 0) is 12.0 Å². The normalized spacial score (nSPS) is 12.0. The molecule has 0 unspecified atom stereocenters. The van der Waals surface area contributed by atoms with Crippen molar-refractivity contribution in [1.29, 1.82) is 0 Å². The van der Waals surface area contributed by atoms with Gasteiger partial charge < -0.3 is 9.90 Å². The third kappa shape index (κ3) is 3.91. The Morgan fingerprint density at radius 1 is 1.40 bits per heavy atom. The van der Waals surface area contributed by atoms with Crippen LogP contribution >= 0.6 is 0 Å². The lowest BCUT2D eigenvalue weighted by atomic mass is 10.1. The Balaban J connectivity index is 2.58. The van der Waals surface area contributed by atoms with Crippen LogP contribution in [0.15, 0.2) is 30.3 Å². The minimum atomic E-state index is -0.944. The number of aliphatic carboxylic acids is 1. The van der Waals surface area contributed by atoms with Gasteiger partial charge >= 0.3 is 5.97 Å². The minimum Gasteiger partial charge on any atom is -0.480 e. The second-order valence-electron chi connectivity index (χ2n) is 3.16. The van der Waals surface area contributed by atoms with Crippen LogP contribution in [0.5, 0.6) is 0 Å². The monoisotopic (exact) mass is 207 g/mol. The highest BCUT2D eigenvalue weighted by Gasteiger charge is 2.16. The zero-order valence-corrected chi connectivity index (χ0v) is 8.22. The van der Waals surface area contributed by atoms with Crippen molar-refractivity contribution in [1.82, 2.24) is 5.32 Å². The molecule has 1 aromatic rings. The van der Waals surface area contributed by atoms with Gasteiger partial charge in [0.15, 0.2) is 0 Å².